The summed E-state index contributed by atoms with van der Waals surface area (Å²) in [5.74, 6) is 0.379. The maximum absolute atomic E-state index is 11.0. The van der Waals surface area contributed by atoms with E-state index in [1.165, 1.54) is 12.1 Å². The molecule has 4 N–H and O–H groups in total. The van der Waals surface area contributed by atoms with Gasteiger partial charge in [-0.2, -0.15) is 0 Å². The number of fused-ring (bicyclic) bond motifs is 1. The molecule has 2 atom stereocenters. The van der Waals surface area contributed by atoms with Crippen molar-refractivity contribution in [1.82, 2.24) is 5.32 Å². The molecule has 7 heteroatoms. The summed E-state index contributed by atoms with van der Waals surface area (Å²) in [6.07, 6.45) is -0.798. The predicted molar refractivity (Wildman–Crippen MR) is 79.2 cm³/mol. The van der Waals surface area contributed by atoms with Crippen LogP contribution < -0.4 is 15.8 Å². The Morgan fingerprint density at radius 3 is 2.62 bits per heavy atom. The Balaban J connectivity index is 2.56. The fourth-order valence-corrected chi connectivity index (χ4v) is 2.55. The molecule has 2 rings (SSSR count). The van der Waals surface area contributed by atoms with Crippen molar-refractivity contribution in [2.24, 2.45) is 0 Å². The molecule has 0 amide bonds. The van der Waals surface area contributed by atoms with Crippen molar-refractivity contribution in [3.05, 3.63) is 27.8 Å². The molecular formula is C14H21N3O4. The molecule has 0 fully saturated rings. The Morgan fingerprint density at radius 2 is 2.10 bits per heavy atom. The highest BCUT2D eigenvalue weighted by Crippen LogP contribution is 2.43. The Bertz CT molecular complexity index is 572. The number of nitrogens with one attached hydrogen (secondary N) is 1. The molecule has 1 heterocycles. The molecule has 0 aromatic heterocycles. The number of aliphatic hydroxyl groups is 1. The summed E-state index contributed by atoms with van der Waals surface area (Å²) in [4.78, 5) is 10.5. The molecule has 1 aromatic rings. The highest BCUT2D eigenvalue weighted by atomic mass is 16.6. The number of rotatable bonds is 3. The molecule has 0 saturated heterocycles. The number of hydrogen-bond donors (Lipinski definition) is 3. The Labute approximate surface area is 123 Å². The number of nitro groups is 1. The van der Waals surface area contributed by atoms with Gasteiger partial charge < -0.3 is 20.9 Å². The van der Waals surface area contributed by atoms with E-state index >= 15 is 0 Å². The van der Waals surface area contributed by atoms with Gasteiger partial charge in [0.1, 0.15) is 23.1 Å². The van der Waals surface area contributed by atoms with Gasteiger partial charge in [-0.05, 0) is 19.9 Å². The van der Waals surface area contributed by atoms with Crippen molar-refractivity contribution >= 4 is 11.4 Å². The second-order valence-electron chi connectivity index (χ2n) is 6.16. The zero-order valence-corrected chi connectivity index (χ0v) is 12.6. The van der Waals surface area contributed by atoms with Gasteiger partial charge in [-0.1, -0.05) is 13.8 Å². The number of nitrogens with two attached hydrogens (primary N) is 1. The monoisotopic (exact) mass is 295 g/mol. The third-order valence-corrected chi connectivity index (χ3v) is 3.60. The van der Waals surface area contributed by atoms with E-state index in [1.807, 2.05) is 13.8 Å². The van der Waals surface area contributed by atoms with E-state index in [1.54, 1.807) is 13.8 Å². The quantitative estimate of drug-likeness (QED) is 0.445. The minimum atomic E-state index is -0.858. The van der Waals surface area contributed by atoms with Crippen LogP contribution in [-0.4, -0.2) is 27.8 Å². The second-order valence-corrected chi connectivity index (χ2v) is 6.16. The summed E-state index contributed by atoms with van der Waals surface area (Å²) in [5.41, 5.74) is 5.39. The van der Waals surface area contributed by atoms with Crippen LogP contribution in [0.25, 0.3) is 0 Å². The lowest BCUT2D eigenvalue weighted by atomic mass is 9.86. The molecule has 1 aliphatic rings. The Hall–Kier alpha value is -1.86. The van der Waals surface area contributed by atoms with Gasteiger partial charge in [0, 0.05) is 11.6 Å². The molecular weight excluding hydrogens is 274 g/mol. The third-order valence-electron chi connectivity index (χ3n) is 3.60. The van der Waals surface area contributed by atoms with Gasteiger partial charge in [-0.25, -0.2) is 0 Å². The van der Waals surface area contributed by atoms with Crippen LogP contribution >= 0.6 is 0 Å². The number of benzene rings is 1. The zero-order valence-electron chi connectivity index (χ0n) is 12.6. The molecule has 0 radical (unpaired) electrons. The summed E-state index contributed by atoms with van der Waals surface area (Å²) in [5, 5.41) is 24.8. The van der Waals surface area contributed by atoms with Crippen LogP contribution in [0.1, 0.15) is 39.3 Å². The number of ether oxygens (including phenoxy) is 1. The smallest absolute Gasteiger partial charge is 0.295 e. The van der Waals surface area contributed by atoms with Crippen LogP contribution in [0.4, 0.5) is 11.4 Å². The van der Waals surface area contributed by atoms with Crippen LogP contribution in [0.15, 0.2) is 12.1 Å². The van der Waals surface area contributed by atoms with Crippen LogP contribution in [0.3, 0.4) is 0 Å². The molecule has 0 saturated carbocycles. The van der Waals surface area contributed by atoms with Crippen LogP contribution in [0.2, 0.25) is 0 Å². The molecule has 1 aliphatic heterocycles. The first kappa shape index (κ1) is 15.5. The van der Waals surface area contributed by atoms with E-state index in [2.05, 4.69) is 5.32 Å². The van der Waals surface area contributed by atoms with Crippen molar-refractivity contribution in [3.8, 4) is 5.75 Å². The summed E-state index contributed by atoms with van der Waals surface area (Å²) < 4.78 is 5.74. The third kappa shape index (κ3) is 2.79. The van der Waals surface area contributed by atoms with Crippen molar-refractivity contribution in [2.45, 2.75) is 51.5 Å². The normalized spacial score (nSPS) is 23.5. The topological polar surface area (TPSA) is 111 Å². The van der Waals surface area contributed by atoms with E-state index in [0.29, 0.717) is 11.3 Å². The Morgan fingerprint density at radius 1 is 1.48 bits per heavy atom. The molecule has 0 aliphatic carbocycles. The molecule has 116 valence electrons. The van der Waals surface area contributed by atoms with E-state index < -0.39 is 22.7 Å². The number of hydrogen-bond acceptors (Lipinski definition) is 6. The number of nitrogen functional groups attached to an aromatic ring is 1. The minimum Gasteiger partial charge on any atom is -0.484 e. The lowest BCUT2D eigenvalue weighted by molar-refractivity contribution is -0.384. The number of aliphatic hydroxyl groups excluding tert-OH is 1. The Kier molecular flexibility index (Phi) is 3.81. The van der Waals surface area contributed by atoms with Gasteiger partial charge in [0.15, 0.2) is 0 Å². The van der Waals surface area contributed by atoms with Gasteiger partial charge in [0.25, 0.3) is 5.69 Å². The van der Waals surface area contributed by atoms with E-state index in [-0.39, 0.29) is 17.4 Å². The first-order valence-electron chi connectivity index (χ1n) is 6.84. The first-order valence-corrected chi connectivity index (χ1v) is 6.84. The minimum absolute atomic E-state index is 0.0600. The second kappa shape index (κ2) is 5.16. The van der Waals surface area contributed by atoms with E-state index in [0.717, 1.165) is 0 Å². The van der Waals surface area contributed by atoms with Crippen LogP contribution in [-0.2, 0) is 0 Å². The predicted octanol–water partition coefficient (Wildman–Crippen LogP) is 1.75. The molecule has 7 nitrogen and oxygen atoms in total. The summed E-state index contributed by atoms with van der Waals surface area (Å²) in [6.45, 7) is 7.42. The van der Waals surface area contributed by atoms with Crippen molar-refractivity contribution in [3.63, 3.8) is 0 Å². The van der Waals surface area contributed by atoms with Crippen molar-refractivity contribution < 1.29 is 14.8 Å². The number of nitro benzene ring substituents is 1. The van der Waals surface area contributed by atoms with Gasteiger partial charge in [0.2, 0.25) is 0 Å². The summed E-state index contributed by atoms with van der Waals surface area (Å²) in [6, 6.07) is 2.56. The summed E-state index contributed by atoms with van der Waals surface area (Å²) in [7, 11) is 0. The van der Waals surface area contributed by atoms with Crippen molar-refractivity contribution in [2.75, 3.05) is 5.73 Å². The van der Waals surface area contributed by atoms with E-state index in [9.17, 15) is 15.2 Å². The highest BCUT2D eigenvalue weighted by molar-refractivity contribution is 5.65. The molecule has 0 spiro atoms. The fraction of sp³-hybridized carbons (Fsp3) is 0.571. The lowest BCUT2D eigenvalue weighted by Gasteiger charge is -2.43. The maximum Gasteiger partial charge on any atom is 0.295 e. The SMILES string of the molecule is CC(C)N[C@@H]1c2cc(N)c([N+](=O)[O-])cc2OC(C)(C)[C@H]1O. The first-order chi connectivity index (χ1) is 9.63. The molecule has 0 bridgehead atoms. The fourth-order valence-electron chi connectivity index (χ4n) is 2.55. The zero-order chi connectivity index (χ0) is 15.9. The highest BCUT2D eigenvalue weighted by Gasteiger charge is 2.43. The molecule has 21 heavy (non-hydrogen) atoms. The van der Waals surface area contributed by atoms with Gasteiger partial charge >= 0.3 is 0 Å². The van der Waals surface area contributed by atoms with Gasteiger partial charge in [-0.3, -0.25) is 10.1 Å². The number of nitrogens with zero attached hydrogens (tertiary/aromatic N) is 1. The summed E-state index contributed by atoms with van der Waals surface area (Å²) >= 11 is 0. The lowest BCUT2D eigenvalue weighted by Crippen LogP contribution is -2.53. The molecule has 0 unspecified atom stereocenters. The van der Waals surface area contributed by atoms with Crippen LogP contribution in [0.5, 0.6) is 5.75 Å². The maximum atomic E-state index is 11.0. The standard InChI is InChI=1S/C14H21N3O4/c1-7(2)16-12-8-5-9(15)10(17(19)20)6-11(8)21-14(3,4)13(12)18/h5-7,12-13,16,18H,15H2,1-4H3/t12-,13+/m1/s1. The van der Waals surface area contributed by atoms with E-state index in [4.69, 9.17) is 10.5 Å². The van der Waals surface area contributed by atoms with Crippen molar-refractivity contribution in [1.29, 1.82) is 0 Å². The van der Waals surface area contributed by atoms with Crippen LogP contribution in [0, 0.1) is 10.1 Å². The number of anilines is 1. The largest absolute Gasteiger partial charge is 0.484 e. The van der Waals surface area contributed by atoms with Gasteiger partial charge in [-0.15, -0.1) is 0 Å². The average molecular weight is 295 g/mol. The van der Waals surface area contributed by atoms with Gasteiger partial charge in [0.05, 0.1) is 17.0 Å². The average Bonchev–Trinajstić information content (AvgIpc) is 2.34. The molecule has 1 aromatic carbocycles.